The summed E-state index contributed by atoms with van der Waals surface area (Å²) in [6, 6.07) is -1.40. The van der Waals surface area contributed by atoms with Crippen LogP contribution in [0.3, 0.4) is 0 Å². The van der Waals surface area contributed by atoms with Crippen molar-refractivity contribution in [3.05, 3.63) is 0 Å². The fraction of sp³-hybridized carbons (Fsp3) is 0.750. The molecule has 8 nitrogen and oxygen atoms in total. The molecule has 1 rings (SSSR count). The molecule has 1 aliphatic heterocycles. The van der Waals surface area contributed by atoms with Crippen molar-refractivity contribution in [2.45, 2.75) is 64.5 Å². The van der Waals surface area contributed by atoms with Crippen molar-refractivity contribution in [1.82, 2.24) is 21.3 Å². The van der Waals surface area contributed by atoms with E-state index in [-0.39, 0.29) is 49.3 Å². The standard InChI is InChI=1S/C16H28N4O4/c1-3-9-17-13(21)7-5-11-15(23)20-12(16(24)19-11)6-8-14(22)18-10-4-2/h11-12H,3-10H2,1-2H3,(H,17,21)(H,18,22)(H,19,24)(H,20,23)/t11-,12+. The number of carbonyl (C=O) groups is 4. The summed E-state index contributed by atoms with van der Waals surface area (Å²) in [6.07, 6.45) is 2.58. The monoisotopic (exact) mass is 340 g/mol. The summed E-state index contributed by atoms with van der Waals surface area (Å²) in [5.41, 5.74) is 0. The van der Waals surface area contributed by atoms with Crippen LogP contribution in [0.2, 0.25) is 0 Å². The second-order valence-corrected chi connectivity index (χ2v) is 5.90. The van der Waals surface area contributed by atoms with Crippen molar-refractivity contribution in [1.29, 1.82) is 0 Å². The van der Waals surface area contributed by atoms with Crippen LogP contribution in [0.25, 0.3) is 0 Å². The Labute approximate surface area is 142 Å². The first-order valence-electron chi connectivity index (χ1n) is 8.62. The molecule has 1 saturated heterocycles. The van der Waals surface area contributed by atoms with E-state index in [1.165, 1.54) is 0 Å². The Morgan fingerprint density at radius 2 is 1.21 bits per heavy atom. The zero-order valence-electron chi connectivity index (χ0n) is 14.4. The normalized spacial score (nSPS) is 20.1. The fourth-order valence-corrected chi connectivity index (χ4v) is 2.34. The number of nitrogens with one attached hydrogen (secondary N) is 4. The van der Waals surface area contributed by atoms with E-state index in [9.17, 15) is 19.2 Å². The minimum absolute atomic E-state index is 0.131. The minimum atomic E-state index is -0.699. The van der Waals surface area contributed by atoms with Gasteiger partial charge in [-0.2, -0.15) is 0 Å². The molecule has 1 aliphatic rings. The molecule has 1 fully saturated rings. The van der Waals surface area contributed by atoms with Gasteiger partial charge in [0.2, 0.25) is 23.6 Å². The van der Waals surface area contributed by atoms with Gasteiger partial charge in [0.05, 0.1) is 0 Å². The van der Waals surface area contributed by atoms with E-state index < -0.39 is 12.1 Å². The molecule has 2 atom stereocenters. The Hall–Kier alpha value is -2.12. The number of hydrogen-bond acceptors (Lipinski definition) is 4. The Bertz CT molecular complexity index is 425. The molecule has 0 radical (unpaired) electrons. The Morgan fingerprint density at radius 3 is 1.54 bits per heavy atom. The van der Waals surface area contributed by atoms with Crippen LogP contribution in [0.4, 0.5) is 0 Å². The summed E-state index contributed by atoms with van der Waals surface area (Å²) >= 11 is 0. The van der Waals surface area contributed by atoms with Crippen LogP contribution in [0.1, 0.15) is 52.4 Å². The number of carbonyl (C=O) groups excluding carboxylic acids is 4. The van der Waals surface area contributed by atoms with Crippen LogP contribution in [-0.2, 0) is 19.2 Å². The summed E-state index contributed by atoms with van der Waals surface area (Å²) in [5.74, 6) is -0.879. The van der Waals surface area contributed by atoms with Crippen molar-refractivity contribution in [3.63, 3.8) is 0 Å². The molecule has 4 N–H and O–H groups in total. The average molecular weight is 340 g/mol. The number of piperazine rings is 1. The molecule has 0 unspecified atom stereocenters. The van der Waals surface area contributed by atoms with Crippen LogP contribution in [0, 0.1) is 0 Å². The summed E-state index contributed by atoms with van der Waals surface area (Å²) < 4.78 is 0. The highest BCUT2D eigenvalue weighted by Crippen LogP contribution is 2.08. The van der Waals surface area contributed by atoms with Gasteiger partial charge in [0.15, 0.2) is 0 Å². The zero-order valence-corrected chi connectivity index (χ0v) is 14.4. The van der Waals surface area contributed by atoms with Crippen molar-refractivity contribution in [3.8, 4) is 0 Å². The summed E-state index contributed by atoms with van der Waals surface area (Å²) in [6.45, 7) is 5.12. The minimum Gasteiger partial charge on any atom is -0.356 e. The van der Waals surface area contributed by atoms with Crippen molar-refractivity contribution in [2.75, 3.05) is 13.1 Å². The lowest BCUT2D eigenvalue weighted by molar-refractivity contribution is -0.137. The Kier molecular flexibility index (Phi) is 8.81. The molecule has 1 heterocycles. The SMILES string of the molecule is CCCNC(=O)CC[C@@H]1NC(=O)[C@@H](CCC(=O)NCCC)NC1=O. The summed E-state index contributed by atoms with van der Waals surface area (Å²) in [7, 11) is 0. The van der Waals surface area contributed by atoms with Crippen LogP contribution in [0.5, 0.6) is 0 Å². The van der Waals surface area contributed by atoms with Gasteiger partial charge in [-0.05, 0) is 25.7 Å². The van der Waals surface area contributed by atoms with Gasteiger partial charge in [-0.3, -0.25) is 19.2 Å². The molecule has 8 heteroatoms. The van der Waals surface area contributed by atoms with Gasteiger partial charge < -0.3 is 21.3 Å². The van der Waals surface area contributed by atoms with Gasteiger partial charge in [0, 0.05) is 25.9 Å². The van der Waals surface area contributed by atoms with Crippen molar-refractivity contribution < 1.29 is 19.2 Å². The highest BCUT2D eigenvalue weighted by atomic mass is 16.2. The predicted molar refractivity (Wildman–Crippen MR) is 88.9 cm³/mol. The lowest BCUT2D eigenvalue weighted by atomic mass is 10.0. The van der Waals surface area contributed by atoms with Crippen molar-refractivity contribution in [2.24, 2.45) is 0 Å². The van der Waals surface area contributed by atoms with E-state index >= 15 is 0 Å². The molecule has 0 bridgehead atoms. The maximum atomic E-state index is 12.0. The number of rotatable bonds is 10. The Morgan fingerprint density at radius 1 is 0.833 bits per heavy atom. The van der Waals surface area contributed by atoms with E-state index in [1.807, 2.05) is 13.8 Å². The average Bonchev–Trinajstić information content (AvgIpc) is 2.57. The highest BCUT2D eigenvalue weighted by molar-refractivity contribution is 5.97. The van der Waals surface area contributed by atoms with Gasteiger partial charge in [-0.1, -0.05) is 13.8 Å². The first kappa shape index (κ1) is 19.9. The van der Waals surface area contributed by atoms with Crippen molar-refractivity contribution >= 4 is 23.6 Å². The quantitative estimate of drug-likeness (QED) is 0.432. The van der Waals surface area contributed by atoms with Crippen LogP contribution >= 0.6 is 0 Å². The van der Waals surface area contributed by atoms with Gasteiger partial charge in [-0.15, -0.1) is 0 Å². The van der Waals surface area contributed by atoms with Crippen LogP contribution < -0.4 is 21.3 Å². The molecular weight excluding hydrogens is 312 g/mol. The Balaban J connectivity index is 2.35. The zero-order chi connectivity index (χ0) is 17.9. The number of hydrogen-bond donors (Lipinski definition) is 4. The largest absolute Gasteiger partial charge is 0.356 e. The molecule has 0 aromatic carbocycles. The fourth-order valence-electron chi connectivity index (χ4n) is 2.34. The summed E-state index contributed by atoms with van der Waals surface area (Å²) in [5, 5.41) is 10.7. The van der Waals surface area contributed by atoms with Crippen LogP contribution in [-0.4, -0.2) is 48.8 Å². The number of amides is 4. The van der Waals surface area contributed by atoms with Gasteiger partial charge in [0.1, 0.15) is 12.1 Å². The van der Waals surface area contributed by atoms with Gasteiger partial charge in [0.25, 0.3) is 0 Å². The maximum Gasteiger partial charge on any atom is 0.243 e. The predicted octanol–water partition coefficient (Wildman–Crippen LogP) is -0.418. The molecule has 0 spiro atoms. The second-order valence-electron chi connectivity index (χ2n) is 5.90. The molecule has 136 valence electrons. The van der Waals surface area contributed by atoms with E-state index in [4.69, 9.17) is 0 Å². The molecule has 4 amide bonds. The topological polar surface area (TPSA) is 116 Å². The van der Waals surface area contributed by atoms with Gasteiger partial charge >= 0.3 is 0 Å². The van der Waals surface area contributed by atoms with Gasteiger partial charge in [-0.25, -0.2) is 0 Å². The van der Waals surface area contributed by atoms with Crippen LogP contribution in [0.15, 0.2) is 0 Å². The smallest absolute Gasteiger partial charge is 0.243 e. The first-order valence-corrected chi connectivity index (χ1v) is 8.62. The third kappa shape index (κ3) is 6.97. The molecule has 0 aliphatic carbocycles. The molecule has 0 saturated carbocycles. The molecule has 0 aromatic heterocycles. The van der Waals surface area contributed by atoms with E-state index in [2.05, 4.69) is 21.3 Å². The van der Waals surface area contributed by atoms with E-state index in [0.717, 1.165) is 12.8 Å². The molecular formula is C16H28N4O4. The van der Waals surface area contributed by atoms with E-state index in [1.54, 1.807) is 0 Å². The highest BCUT2D eigenvalue weighted by Gasteiger charge is 2.33. The third-order valence-electron chi connectivity index (χ3n) is 3.73. The maximum absolute atomic E-state index is 12.0. The lowest BCUT2D eigenvalue weighted by Gasteiger charge is -2.29. The first-order chi connectivity index (χ1) is 11.5. The second kappa shape index (κ2) is 10.6. The lowest BCUT2D eigenvalue weighted by Crippen LogP contribution is -2.61. The summed E-state index contributed by atoms with van der Waals surface area (Å²) in [4.78, 5) is 47.2. The molecule has 24 heavy (non-hydrogen) atoms. The third-order valence-corrected chi connectivity index (χ3v) is 3.73. The molecule has 0 aromatic rings. The van der Waals surface area contributed by atoms with E-state index in [0.29, 0.717) is 13.1 Å².